The fraction of sp³-hybridized carbons (Fsp3) is 0.444. The van der Waals surface area contributed by atoms with E-state index in [1.54, 1.807) is 0 Å². The number of hydrogen-bond donors (Lipinski definition) is 1. The van der Waals surface area contributed by atoms with Crippen LogP contribution in [0.1, 0.15) is 12.8 Å². The molecular formula is C9H11BrN2. The average Bonchev–Trinajstić information content (AvgIpc) is 2.84. The van der Waals surface area contributed by atoms with E-state index >= 15 is 0 Å². The molecule has 0 spiro atoms. The van der Waals surface area contributed by atoms with Gasteiger partial charge in [0.25, 0.3) is 0 Å². The van der Waals surface area contributed by atoms with Gasteiger partial charge in [-0.3, -0.25) is 0 Å². The van der Waals surface area contributed by atoms with E-state index < -0.39 is 0 Å². The second-order valence-electron chi connectivity index (χ2n) is 3.17. The molecule has 1 saturated carbocycles. The van der Waals surface area contributed by atoms with Gasteiger partial charge in [0.15, 0.2) is 0 Å². The number of pyridine rings is 1. The van der Waals surface area contributed by atoms with Gasteiger partial charge in [0, 0.05) is 6.54 Å². The molecule has 2 nitrogen and oxygen atoms in total. The van der Waals surface area contributed by atoms with Crippen molar-refractivity contribution in [1.29, 1.82) is 0 Å². The SMILES string of the molecule is Brc1cccc(NCC2CC2)n1. The van der Waals surface area contributed by atoms with Gasteiger partial charge < -0.3 is 5.32 Å². The van der Waals surface area contributed by atoms with Crippen LogP contribution in [0, 0.1) is 5.92 Å². The first-order valence-corrected chi connectivity index (χ1v) is 5.00. The fourth-order valence-electron chi connectivity index (χ4n) is 1.08. The molecule has 1 aromatic heterocycles. The molecule has 12 heavy (non-hydrogen) atoms. The van der Waals surface area contributed by atoms with Gasteiger partial charge in [0.05, 0.1) is 0 Å². The molecule has 0 radical (unpaired) electrons. The van der Waals surface area contributed by atoms with Crippen molar-refractivity contribution in [2.75, 3.05) is 11.9 Å². The van der Waals surface area contributed by atoms with Crippen molar-refractivity contribution in [3.63, 3.8) is 0 Å². The number of nitrogens with one attached hydrogen (secondary N) is 1. The summed E-state index contributed by atoms with van der Waals surface area (Å²) in [6, 6.07) is 5.92. The van der Waals surface area contributed by atoms with Gasteiger partial charge in [-0.1, -0.05) is 6.07 Å². The molecule has 0 aliphatic heterocycles. The van der Waals surface area contributed by atoms with Crippen LogP contribution in [0.3, 0.4) is 0 Å². The van der Waals surface area contributed by atoms with Crippen LogP contribution in [0.2, 0.25) is 0 Å². The molecular weight excluding hydrogens is 216 g/mol. The summed E-state index contributed by atoms with van der Waals surface area (Å²) < 4.78 is 0.892. The lowest BCUT2D eigenvalue weighted by Crippen LogP contribution is -2.04. The summed E-state index contributed by atoms with van der Waals surface area (Å²) in [6.45, 7) is 1.07. The van der Waals surface area contributed by atoms with Gasteiger partial charge in [-0.15, -0.1) is 0 Å². The summed E-state index contributed by atoms with van der Waals surface area (Å²) in [5.41, 5.74) is 0. The van der Waals surface area contributed by atoms with Crippen LogP contribution in [-0.4, -0.2) is 11.5 Å². The number of nitrogens with zero attached hydrogens (tertiary/aromatic N) is 1. The van der Waals surface area contributed by atoms with Crippen molar-refractivity contribution in [2.24, 2.45) is 5.92 Å². The lowest BCUT2D eigenvalue weighted by Gasteiger charge is -2.03. The highest BCUT2D eigenvalue weighted by molar-refractivity contribution is 9.10. The molecule has 1 N–H and O–H groups in total. The molecule has 1 aliphatic rings. The fourth-order valence-corrected chi connectivity index (χ4v) is 1.42. The molecule has 2 rings (SSSR count). The molecule has 0 bridgehead atoms. The van der Waals surface area contributed by atoms with Gasteiger partial charge >= 0.3 is 0 Å². The first kappa shape index (κ1) is 8.05. The Morgan fingerprint density at radius 2 is 2.33 bits per heavy atom. The molecule has 3 heteroatoms. The zero-order valence-electron chi connectivity index (χ0n) is 6.76. The van der Waals surface area contributed by atoms with Crippen LogP contribution in [0.5, 0.6) is 0 Å². The summed E-state index contributed by atoms with van der Waals surface area (Å²) >= 11 is 3.33. The number of anilines is 1. The summed E-state index contributed by atoms with van der Waals surface area (Å²) in [5, 5.41) is 3.31. The topological polar surface area (TPSA) is 24.9 Å². The molecule has 64 valence electrons. The van der Waals surface area contributed by atoms with Crippen LogP contribution in [-0.2, 0) is 0 Å². The van der Waals surface area contributed by atoms with E-state index in [0.717, 1.165) is 22.9 Å². The van der Waals surface area contributed by atoms with Crippen LogP contribution < -0.4 is 5.32 Å². The highest BCUT2D eigenvalue weighted by Crippen LogP contribution is 2.28. The highest BCUT2D eigenvalue weighted by Gasteiger charge is 2.20. The van der Waals surface area contributed by atoms with E-state index in [2.05, 4.69) is 26.2 Å². The maximum absolute atomic E-state index is 4.28. The van der Waals surface area contributed by atoms with Crippen molar-refractivity contribution >= 4 is 21.7 Å². The van der Waals surface area contributed by atoms with E-state index in [1.807, 2.05) is 18.2 Å². The lowest BCUT2D eigenvalue weighted by atomic mass is 10.4. The summed E-state index contributed by atoms with van der Waals surface area (Å²) in [4.78, 5) is 4.28. The predicted molar refractivity (Wildman–Crippen MR) is 53.2 cm³/mol. The average molecular weight is 227 g/mol. The van der Waals surface area contributed by atoms with Gasteiger partial charge in [-0.2, -0.15) is 0 Å². The molecule has 1 aliphatic carbocycles. The van der Waals surface area contributed by atoms with Crippen molar-refractivity contribution in [3.8, 4) is 0 Å². The minimum Gasteiger partial charge on any atom is -0.370 e. The molecule has 0 amide bonds. The Kier molecular flexibility index (Phi) is 2.30. The zero-order chi connectivity index (χ0) is 8.39. The van der Waals surface area contributed by atoms with E-state index in [1.165, 1.54) is 12.8 Å². The Balaban J connectivity index is 1.92. The summed E-state index contributed by atoms with van der Waals surface area (Å²) in [7, 11) is 0. The van der Waals surface area contributed by atoms with E-state index in [9.17, 15) is 0 Å². The van der Waals surface area contributed by atoms with Gasteiger partial charge in [-0.25, -0.2) is 4.98 Å². The Labute approximate surface area is 80.5 Å². The van der Waals surface area contributed by atoms with Crippen molar-refractivity contribution in [2.45, 2.75) is 12.8 Å². The number of aromatic nitrogens is 1. The Bertz CT molecular complexity index is 271. The molecule has 1 aromatic rings. The van der Waals surface area contributed by atoms with Crippen LogP contribution in [0.4, 0.5) is 5.82 Å². The first-order chi connectivity index (χ1) is 5.84. The molecule has 0 aromatic carbocycles. The smallest absolute Gasteiger partial charge is 0.127 e. The zero-order valence-corrected chi connectivity index (χ0v) is 8.34. The third-order valence-corrected chi connectivity index (χ3v) is 2.43. The molecule has 1 heterocycles. The molecule has 0 atom stereocenters. The lowest BCUT2D eigenvalue weighted by molar-refractivity contribution is 0.882. The summed E-state index contributed by atoms with van der Waals surface area (Å²) in [6.07, 6.45) is 2.75. The van der Waals surface area contributed by atoms with E-state index in [4.69, 9.17) is 0 Å². The first-order valence-electron chi connectivity index (χ1n) is 4.21. The van der Waals surface area contributed by atoms with Crippen LogP contribution in [0.15, 0.2) is 22.8 Å². The predicted octanol–water partition coefficient (Wildman–Crippen LogP) is 2.67. The van der Waals surface area contributed by atoms with Crippen molar-refractivity contribution in [3.05, 3.63) is 22.8 Å². The largest absolute Gasteiger partial charge is 0.370 e. The Morgan fingerprint density at radius 1 is 1.50 bits per heavy atom. The standard InChI is InChI=1S/C9H11BrN2/c10-8-2-1-3-9(12-8)11-6-7-4-5-7/h1-3,7H,4-6H2,(H,11,12). The Hall–Kier alpha value is -0.570. The maximum atomic E-state index is 4.28. The number of rotatable bonds is 3. The normalized spacial score (nSPS) is 16.1. The number of hydrogen-bond acceptors (Lipinski definition) is 2. The van der Waals surface area contributed by atoms with Gasteiger partial charge in [0.2, 0.25) is 0 Å². The molecule has 0 saturated heterocycles. The second-order valence-corrected chi connectivity index (χ2v) is 3.98. The third-order valence-electron chi connectivity index (χ3n) is 1.98. The quantitative estimate of drug-likeness (QED) is 0.803. The minimum atomic E-state index is 0.892. The Morgan fingerprint density at radius 3 is 3.00 bits per heavy atom. The van der Waals surface area contributed by atoms with Crippen LogP contribution >= 0.6 is 15.9 Å². The maximum Gasteiger partial charge on any atom is 0.127 e. The molecule has 0 unspecified atom stereocenters. The second kappa shape index (κ2) is 3.44. The molecule has 1 fully saturated rings. The number of halogens is 1. The van der Waals surface area contributed by atoms with E-state index in [-0.39, 0.29) is 0 Å². The van der Waals surface area contributed by atoms with Gasteiger partial charge in [-0.05, 0) is 46.8 Å². The van der Waals surface area contributed by atoms with E-state index in [0.29, 0.717) is 0 Å². The monoisotopic (exact) mass is 226 g/mol. The third kappa shape index (κ3) is 2.21. The minimum absolute atomic E-state index is 0.892. The summed E-state index contributed by atoms with van der Waals surface area (Å²) in [5.74, 6) is 1.86. The van der Waals surface area contributed by atoms with Crippen molar-refractivity contribution < 1.29 is 0 Å². The van der Waals surface area contributed by atoms with Crippen molar-refractivity contribution in [1.82, 2.24) is 4.98 Å². The van der Waals surface area contributed by atoms with Gasteiger partial charge in [0.1, 0.15) is 10.4 Å². The van der Waals surface area contributed by atoms with Crippen LogP contribution in [0.25, 0.3) is 0 Å². The highest BCUT2D eigenvalue weighted by atomic mass is 79.9.